The van der Waals surface area contributed by atoms with Gasteiger partial charge in [0.15, 0.2) is 6.61 Å². The Balaban J connectivity index is 1.46. The molecule has 4 aromatic carbocycles. The van der Waals surface area contributed by atoms with Crippen molar-refractivity contribution in [3.05, 3.63) is 114 Å². The van der Waals surface area contributed by atoms with Gasteiger partial charge in [-0.25, -0.2) is 4.79 Å². The van der Waals surface area contributed by atoms with Crippen LogP contribution in [-0.2, 0) is 30.3 Å². The van der Waals surface area contributed by atoms with E-state index in [9.17, 15) is 24.0 Å². The van der Waals surface area contributed by atoms with E-state index in [4.69, 9.17) is 9.47 Å². The number of rotatable bonds is 13. The monoisotopic (exact) mass is 721 g/mol. The van der Waals surface area contributed by atoms with Gasteiger partial charge in [0.05, 0.1) is 13.0 Å². The number of benzene rings is 4. The van der Waals surface area contributed by atoms with E-state index < -0.39 is 30.1 Å². The summed E-state index contributed by atoms with van der Waals surface area (Å²) in [6.45, 7) is 8.22. The van der Waals surface area contributed by atoms with E-state index in [0.29, 0.717) is 28.4 Å². The normalized spacial score (nSPS) is 10.8. The molecule has 0 saturated heterocycles. The van der Waals surface area contributed by atoms with Crippen LogP contribution in [0.4, 0.5) is 27.5 Å². The number of anilines is 4. The lowest BCUT2D eigenvalue weighted by Crippen LogP contribution is -2.46. The highest BCUT2D eigenvalue weighted by Crippen LogP contribution is 2.25. The number of hydrogen-bond acceptors (Lipinski definition) is 7. The number of urea groups is 1. The van der Waals surface area contributed by atoms with E-state index in [0.717, 1.165) is 16.8 Å². The summed E-state index contributed by atoms with van der Waals surface area (Å²) < 4.78 is 11.2. The first-order chi connectivity index (χ1) is 25.1. The maximum Gasteiger partial charge on any atom is 0.319 e. The number of nitrogens with zero attached hydrogens (tertiary/aromatic N) is 3. The van der Waals surface area contributed by atoms with Crippen molar-refractivity contribution < 1.29 is 33.4 Å². The van der Waals surface area contributed by atoms with E-state index in [2.05, 4.69) is 10.6 Å². The Kier molecular flexibility index (Phi) is 13.3. The lowest BCUT2D eigenvalue weighted by atomic mass is 10.1. The van der Waals surface area contributed by atoms with Crippen molar-refractivity contribution in [1.82, 2.24) is 5.32 Å². The summed E-state index contributed by atoms with van der Waals surface area (Å²) in [5, 5.41) is 5.24. The molecule has 0 radical (unpaired) electrons. The van der Waals surface area contributed by atoms with Crippen LogP contribution in [0.2, 0.25) is 0 Å². The number of para-hydroxylation sites is 1. The van der Waals surface area contributed by atoms with Crippen LogP contribution in [-0.4, -0.2) is 69.1 Å². The van der Waals surface area contributed by atoms with Gasteiger partial charge >= 0.3 is 12.0 Å². The van der Waals surface area contributed by atoms with E-state index in [1.165, 1.54) is 14.7 Å². The van der Waals surface area contributed by atoms with Gasteiger partial charge in [0, 0.05) is 42.9 Å². The summed E-state index contributed by atoms with van der Waals surface area (Å²) >= 11 is 0. The number of amides is 5. The summed E-state index contributed by atoms with van der Waals surface area (Å²) in [7, 11) is 3.30. The van der Waals surface area contributed by atoms with Gasteiger partial charge in [-0.05, 0) is 93.8 Å². The molecule has 0 aliphatic rings. The lowest BCUT2D eigenvalue weighted by molar-refractivity contribution is -0.154. The van der Waals surface area contributed by atoms with Crippen LogP contribution in [0.3, 0.4) is 0 Å². The molecule has 12 nitrogen and oxygen atoms in total. The third kappa shape index (κ3) is 11.7. The van der Waals surface area contributed by atoms with Crippen LogP contribution in [0, 0.1) is 13.8 Å². The highest BCUT2D eigenvalue weighted by molar-refractivity contribution is 6.05. The molecule has 0 aliphatic heterocycles. The Bertz CT molecular complexity index is 1940. The summed E-state index contributed by atoms with van der Waals surface area (Å²) in [5.74, 6) is -1.32. The lowest BCUT2D eigenvalue weighted by Gasteiger charge is -2.26. The zero-order valence-electron chi connectivity index (χ0n) is 31.3. The third-order valence-corrected chi connectivity index (χ3v) is 8.27. The second-order valence-electron chi connectivity index (χ2n) is 13.5. The molecular weight excluding hydrogens is 674 g/mol. The second kappa shape index (κ2) is 17.9. The van der Waals surface area contributed by atoms with Gasteiger partial charge in [0.25, 0.3) is 5.91 Å². The van der Waals surface area contributed by atoms with Crippen molar-refractivity contribution in [2.24, 2.45) is 0 Å². The van der Waals surface area contributed by atoms with Crippen molar-refractivity contribution in [3.63, 3.8) is 0 Å². The van der Waals surface area contributed by atoms with Gasteiger partial charge in [0.1, 0.15) is 17.9 Å². The number of carbonyl (C=O) groups is 5. The Morgan fingerprint density at radius 1 is 0.717 bits per heavy atom. The topological polar surface area (TPSA) is 138 Å². The molecule has 0 bridgehead atoms. The SMILES string of the molecule is Cc1cccc(N(C)C(=O)COc2cccc(N(CC(=O)N(C)c3ccccc3)C(=O)CNC(=O)Nc3cccc(CC(=O)OC(C)(C)C)c3)c2)c1C. The first kappa shape index (κ1) is 39.6. The summed E-state index contributed by atoms with van der Waals surface area (Å²) in [4.78, 5) is 69.7. The van der Waals surface area contributed by atoms with Crippen LogP contribution in [0.1, 0.15) is 37.5 Å². The van der Waals surface area contributed by atoms with Crippen LogP contribution in [0.25, 0.3) is 0 Å². The molecule has 2 N–H and O–H groups in total. The number of aryl methyl sites for hydroxylation is 1. The van der Waals surface area contributed by atoms with Gasteiger partial charge in [-0.15, -0.1) is 0 Å². The van der Waals surface area contributed by atoms with Crippen molar-refractivity contribution in [2.45, 2.75) is 46.6 Å². The summed E-state index contributed by atoms with van der Waals surface area (Å²) in [5.41, 5.74) is 4.21. The number of esters is 1. The molecule has 0 fully saturated rings. The van der Waals surface area contributed by atoms with Crippen LogP contribution >= 0.6 is 0 Å². The first-order valence-electron chi connectivity index (χ1n) is 17.1. The Hall–Kier alpha value is -6.17. The smallest absolute Gasteiger partial charge is 0.319 e. The molecule has 0 heterocycles. The maximum atomic E-state index is 13.7. The third-order valence-electron chi connectivity index (χ3n) is 8.27. The standard InChI is InChI=1S/C41H47N5O7/c1-28-14-11-21-35(29(28)2)45(7)38(49)27-52-34-20-13-19-33(24-34)46(26-37(48)44(6)32-17-9-8-10-18-32)36(47)25-42-40(51)43-31-16-12-15-30(22-31)23-39(50)53-41(3,4)5/h8-22,24H,23,25-27H2,1-7H3,(H2,42,43,51). The van der Waals surface area contributed by atoms with E-state index in [1.807, 2.05) is 38.1 Å². The maximum absolute atomic E-state index is 13.7. The second-order valence-corrected chi connectivity index (χ2v) is 13.5. The molecule has 0 aliphatic carbocycles. The van der Waals surface area contributed by atoms with Gasteiger partial charge < -0.3 is 34.8 Å². The predicted molar refractivity (Wildman–Crippen MR) is 206 cm³/mol. The molecule has 0 spiro atoms. The zero-order valence-corrected chi connectivity index (χ0v) is 31.3. The fraction of sp³-hybridized carbons (Fsp3) is 0.293. The van der Waals surface area contributed by atoms with Crippen LogP contribution in [0.15, 0.2) is 97.1 Å². The Labute approximate surface area is 310 Å². The molecule has 5 amide bonds. The number of nitrogens with one attached hydrogen (secondary N) is 2. The van der Waals surface area contributed by atoms with Crippen molar-refractivity contribution in [1.29, 1.82) is 0 Å². The van der Waals surface area contributed by atoms with Gasteiger partial charge in [-0.3, -0.25) is 19.2 Å². The quantitative estimate of drug-likeness (QED) is 0.161. The van der Waals surface area contributed by atoms with E-state index >= 15 is 0 Å². The molecule has 0 aromatic heterocycles. The Morgan fingerprint density at radius 2 is 1.40 bits per heavy atom. The minimum Gasteiger partial charge on any atom is -0.484 e. The molecule has 12 heteroatoms. The van der Waals surface area contributed by atoms with Gasteiger partial charge in [0.2, 0.25) is 11.8 Å². The van der Waals surface area contributed by atoms with Crippen LogP contribution < -0.4 is 30.1 Å². The van der Waals surface area contributed by atoms with E-state index in [1.54, 1.807) is 108 Å². The summed E-state index contributed by atoms with van der Waals surface area (Å²) in [6, 6.07) is 27.3. The number of hydrogen-bond donors (Lipinski definition) is 2. The largest absolute Gasteiger partial charge is 0.484 e. The Morgan fingerprint density at radius 3 is 2.11 bits per heavy atom. The first-order valence-corrected chi connectivity index (χ1v) is 17.1. The molecule has 278 valence electrons. The molecule has 0 atom stereocenters. The molecule has 0 unspecified atom stereocenters. The fourth-order valence-electron chi connectivity index (χ4n) is 5.31. The molecule has 0 saturated carbocycles. The fourth-order valence-corrected chi connectivity index (χ4v) is 5.31. The molecule has 53 heavy (non-hydrogen) atoms. The minimum absolute atomic E-state index is 0.0212. The van der Waals surface area contributed by atoms with Crippen LogP contribution in [0.5, 0.6) is 5.75 Å². The average molecular weight is 722 g/mol. The molecule has 4 rings (SSSR count). The van der Waals surface area contributed by atoms with Crippen molar-refractivity contribution in [3.8, 4) is 5.75 Å². The van der Waals surface area contributed by atoms with Crippen molar-refractivity contribution in [2.75, 3.05) is 53.8 Å². The zero-order chi connectivity index (χ0) is 38.7. The highest BCUT2D eigenvalue weighted by Gasteiger charge is 2.24. The predicted octanol–water partition coefficient (Wildman–Crippen LogP) is 6.05. The van der Waals surface area contributed by atoms with E-state index in [-0.39, 0.29) is 31.4 Å². The van der Waals surface area contributed by atoms with Gasteiger partial charge in [-0.2, -0.15) is 0 Å². The number of ether oxygens (including phenoxy) is 2. The number of likely N-dealkylation sites (N-methyl/N-ethyl adjacent to an activating group) is 2. The summed E-state index contributed by atoms with van der Waals surface area (Å²) in [6.07, 6.45) is 0.0212. The molecule has 4 aromatic rings. The van der Waals surface area contributed by atoms with Gasteiger partial charge in [-0.1, -0.05) is 48.5 Å². The highest BCUT2D eigenvalue weighted by atomic mass is 16.6. The minimum atomic E-state index is -0.663. The molecular formula is C41H47N5O7. The number of carbonyl (C=O) groups excluding carboxylic acids is 5. The van der Waals surface area contributed by atoms with Crippen molar-refractivity contribution >= 4 is 52.5 Å². The average Bonchev–Trinajstić information content (AvgIpc) is 3.12.